The Balaban J connectivity index is 1.77. The molecule has 16 heavy (non-hydrogen) atoms. The molecule has 3 heterocycles. The molecule has 5 heteroatoms. The van der Waals surface area contributed by atoms with Crippen LogP contribution in [0.4, 0.5) is 5.00 Å². The van der Waals surface area contributed by atoms with Crippen LogP contribution in [0.3, 0.4) is 0 Å². The second kappa shape index (κ2) is 3.72. The minimum atomic E-state index is 0.332. The summed E-state index contributed by atoms with van der Waals surface area (Å²) in [5.74, 6) is 0. The molecule has 1 N–H and O–H groups in total. The average Bonchev–Trinajstić information content (AvgIpc) is 2.94. The Morgan fingerprint density at radius 3 is 3.06 bits per heavy atom. The monoisotopic (exact) mass is 235 g/mol. The van der Waals surface area contributed by atoms with E-state index in [1.165, 1.54) is 18.0 Å². The van der Waals surface area contributed by atoms with Gasteiger partial charge in [-0.3, -0.25) is 0 Å². The van der Waals surface area contributed by atoms with E-state index in [9.17, 15) is 0 Å². The highest BCUT2D eigenvalue weighted by molar-refractivity contribution is 7.10. The number of nitrogens with zero attached hydrogens (tertiary/aromatic N) is 2. The molecular weight excluding hydrogens is 222 g/mol. The summed E-state index contributed by atoms with van der Waals surface area (Å²) >= 11 is 1.38. The Labute approximate surface area is 98.4 Å². The summed E-state index contributed by atoms with van der Waals surface area (Å²) in [6.45, 7) is 1.87. The maximum absolute atomic E-state index is 9.04. The van der Waals surface area contributed by atoms with Crippen LogP contribution in [-0.2, 0) is 4.74 Å². The van der Waals surface area contributed by atoms with Crippen molar-refractivity contribution in [1.82, 2.24) is 4.37 Å². The van der Waals surface area contributed by atoms with Gasteiger partial charge in [-0.25, -0.2) is 0 Å². The van der Waals surface area contributed by atoms with Gasteiger partial charge in [0.2, 0.25) is 0 Å². The van der Waals surface area contributed by atoms with E-state index in [4.69, 9.17) is 10.00 Å². The number of rotatable bonds is 2. The standard InChI is InChI=1S/C11H13N3OS/c1-6-8(5-12)11(16-14-6)13-9-4-7-2-3-10(9)15-7/h7,9-10,13H,2-4H2,1H3. The molecule has 2 saturated heterocycles. The zero-order chi connectivity index (χ0) is 11.1. The molecule has 1 aromatic rings. The first-order valence-electron chi connectivity index (χ1n) is 5.56. The summed E-state index contributed by atoms with van der Waals surface area (Å²) < 4.78 is 9.98. The molecule has 0 aromatic carbocycles. The minimum Gasteiger partial charge on any atom is -0.373 e. The number of fused-ring (bicyclic) bond motifs is 2. The quantitative estimate of drug-likeness (QED) is 0.852. The fourth-order valence-electron chi connectivity index (χ4n) is 2.56. The Morgan fingerprint density at radius 2 is 2.44 bits per heavy atom. The predicted octanol–water partition coefficient (Wildman–Crippen LogP) is 2.05. The van der Waals surface area contributed by atoms with E-state index >= 15 is 0 Å². The molecule has 3 atom stereocenters. The number of nitrogens with one attached hydrogen (secondary N) is 1. The molecule has 3 unspecified atom stereocenters. The summed E-state index contributed by atoms with van der Waals surface area (Å²) in [5.41, 5.74) is 1.51. The molecule has 0 spiro atoms. The van der Waals surface area contributed by atoms with Crippen LogP contribution >= 0.6 is 11.5 Å². The first-order valence-corrected chi connectivity index (χ1v) is 6.33. The summed E-state index contributed by atoms with van der Waals surface area (Å²) in [6, 6.07) is 2.57. The third-order valence-corrected chi connectivity index (χ3v) is 4.27. The Kier molecular flexibility index (Phi) is 2.34. The van der Waals surface area contributed by atoms with Gasteiger partial charge in [-0.2, -0.15) is 9.64 Å². The van der Waals surface area contributed by atoms with Gasteiger partial charge >= 0.3 is 0 Å². The fourth-order valence-corrected chi connectivity index (χ4v) is 3.37. The van der Waals surface area contributed by atoms with Crippen molar-refractivity contribution >= 4 is 16.5 Å². The van der Waals surface area contributed by atoms with E-state index < -0.39 is 0 Å². The normalized spacial score (nSPS) is 31.6. The third kappa shape index (κ3) is 1.49. The van der Waals surface area contributed by atoms with Crippen molar-refractivity contribution in [2.45, 2.75) is 44.4 Å². The molecule has 2 bridgehead atoms. The van der Waals surface area contributed by atoms with E-state index in [1.807, 2.05) is 6.92 Å². The second-order valence-electron chi connectivity index (χ2n) is 4.44. The molecule has 0 aliphatic carbocycles. The zero-order valence-electron chi connectivity index (χ0n) is 9.06. The molecule has 0 amide bonds. The molecule has 2 fully saturated rings. The number of aromatic nitrogens is 1. The lowest BCUT2D eigenvalue weighted by molar-refractivity contribution is 0.102. The van der Waals surface area contributed by atoms with Gasteiger partial charge in [-0.1, -0.05) is 0 Å². The van der Waals surface area contributed by atoms with Crippen LogP contribution in [0.2, 0.25) is 0 Å². The van der Waals surface area contributed by atoms with Crippen LogP contribution < -0.4 is 5.32 Å². The number of hydrogen-bond donors (Lipinski definition) is 1. The average molecular weight is 235 g/mol. The van der Waals surface area contributed by atoms with Crippen LogP contribution in [0.25, 0.3) is 0 Å². The van der Waals surface area contributed by atoms with Crippen molar-refractivity contribution in [1.29, 1.82) is 5.26 Å². The van der Waals surface area contributed by atoms with E-state index in [-0.39, 0.29) is 0 Å². The van der Waals surface area contributed by atoms with Crippen molar-refractivity contribution in [2.24, 2.45) is 0 Å². The Bertz CT molecular complexity index is 451. The highest BCUT2D eigenvalue weighted by Crippen LogP contribution is 2.37. The molecule has 84 valence electrons. The smallest absolute Gasteiger partial charge is 0.128 e. The SMILES string of the molecule is Cc1nsc(NC2CC3CCC2O3)c1C#N. The number of nitriles is 1. The largest absolute Gasteiger partial charge is 0.373 e. The van der Waals surface area contributed by atoms with Crippen molar-refractivity contribution in [3.8, 4) is 6.07 Å². The van der Waals surface area contributed by atoms with Crippen molar-refractivity contribution in [2.75, 3.05) is 5.32 Å². The summed E-state index contributed by atoms with van der Waals surface area (Å²) in [5, 5.41) is 13.4. The van der Waals surface area contributed by atoms with E-state index in [0.29, 0.717) is 23.8 Å². The molecule has 2 aliphatic rings. The molecule has 0 saturated carbocycles. The lowest BCUT2D eigenvalue weighted by atomic mass is 9.95. The summed E-state index contributed by atoms with van der Waals surface area (Å²) in [7, 11) is 0. The van der Waals surface area contributed by atoms with Crippen LogP contribution in [0.15, 0.2) is 0 Å². The molecule has 3 rings (SSSR count). The number of hydrogen-bond acceptors (Lipinski definition) is 5. The molecular formula is C11H13N3OS. The summed E-state index contributed by atoms with van der Waals surface area (Å²) in [6.07, 6.45) is 4.16. The van der Waals surface area contributed by atoms with Gasteiger partial charge in [0.15, 0.2) is 0 Å². The van der Waals surface area contributed by atoms with Crippen molar-refractivity contribution in [3.63, 3.8) is 0 Å². The number of anilines is 1. The van der Waals surface area contributed by atoms with E-state index in [2.05, 4.69) is 15.8 Å². The Morgan fingerprint density at radius 1 is 1.56 bits per heavy atom. The Hall–Kier alpha value is -1.12. The van der Waals surface area contributed by atoms with Gasteiger partial charge in [0.1, 0.15) is 16.6 Å². The highest BCUT2D eigenvalue weighted by atomic mass is 32.1. The number of ether oxygens (including phenoxy) is 1. The van der Waals surface area contributed by atoms with Crippen LogP contribution in [-0.4, -0.2) is 22.6 Å². The highest BCUT2D eigenvalue weighted by Gasteiger charge is 2.41. The zero-order valence-corrected chi connectivity index (χ0v) is 9.88. The maximum Gasteiger partial charge on any atom is 0.128 e. The van der Waals surface area contributed by atoms with Gasteiger partial charge < -0.3 is 10.1 Å². The lowest BCUT2D eigenvalue weighted by Crippen LogP contribution is -2.30. The van der Waals surface area contributed by atoms with Gasteiger partial charge in [-0.15, -0.1) is 0 Å². The van der Waals surface area contributed by atoms with Gasteiger partial charge in [0, 0.05) is 0 Å². The maximum atomic E-state index is 9.04. The first kappa shape index (κ1) is 10.1. The van der Waals surface area contributed by atoms with Crippen LogP contribution in [0.5, 0.6) is 0 Å². The molecule has 1 aromatic heterocycles. The third-order valence-electron chi connectivity index (χ3n) is 3.40. The van der Waals surface area contributed by atoms with Gasteiger partial charge in [0.25, 0.3) is 0 Å². The van der Waals surface area contributed by atoms with E-state index in [1.54, 1.807) is 0 Å². The van der Waals surface area contributed by atoms with Crippen LogP contribution in [0.1, 0.15) is 30.5 Å². The van der Waals surface area contributed by atoms with Crippen molar-refractivity contribution in [3.05, 3.63) is 11.3 Å². The molecule has 2 aliphatic heterocycles. The summed E-state index contributed by atoms with van der Waals surface area (Å²) in [4.78, 5) is 0. The predicted molar refractivity (Wildman–Crippen MR) is 61.5 cm³/mol. The minimum absolute atomic E-state index is 0.332. The fraction of sp³-hybridized carbons (Fsp3) is 0.636. The number of aryl methyl sites for hydroxylation is 1. The topological polar surface area (TPSA) is 57.9 Å². The van der Waals surface area contributed by atoms with Gasteiger partial charge in [-0.05, 0) is 37.7 Å². The van der Waals surface area contributed by atoms with Crippen molar-refractivity contribution < 1.29 is 4.74 Å². The first-order chi connectivity index (χ1) is 7.78. The lowest BCUT2D eigenvalue weighted by Gasteiger charge is -2.19. The van der Waals surface area contributed by atoms with Crippen LogP contribution in [0, 0.1) is 18.3 Å². The molecule has 0 radical (unpaired) electrons. The van der Waals surface area contributed by atoms with E-state index in [0.717, 1.165) is 23.5 Å². The van der Waals surface area contributed by atoms with Gasteiger partial charge in [0.05, 0.1) is 23.9 Å². The molecule has 4 nitrogen and oxygen atoms in total. The second-order valence-corrected chi connectivity index (χ2v) is 5.22.